The Morgan fingerprint density at radius 3 is 1.65 bits per heavy atom. The fraction of sp³-hybridized carbons (Fsp3) is 0.154. The van der Waals surface area contributed by atoms with Crippen molar-refractivity contribution >= 4 is 17.4 Å². The van der Waals surface area contributed by atoms with Crippen molar-refractivity contribution in [2.75, 3.05) is 10.6 Å². The lowest BCUT2D eigenvalue weighted by atomic mass is 10.4. The van der Waals surface area contributed by atoms with Crippen molar-refractivity contribution < 1.29 is 61.9 Å². The zero-order valence-electron chi connectivity index (χ0n) is 11.2. The molecule has 0 saturated carbocycles. The van der Waals surface area contributed by atoms with E-state index in [2.05, 4.69) is 10.6 Å². The van der Waals surface area contributed by atoms with Gasteiger partial charge in [0.15, 0.2) is 24.8 Å². The largest absolute Gasteiger partial charge is 1.00 e. The van der Waals surface area contributed by atoms with Gasteiger partial charge in [-0.15, -0.1) is 0 Å². The number of amides is 2. The van der Waals surface area contributed by atoms with Gasteiger partial charge in [-0.1, -0.05) is 0 Å². The molecule has 0 aliphatic carbocycles. The Morgan fingerprint density at radius 1 is 0.900 bits per heavy atom. The first kappa shape index (κ1) is 19.0. The second kappa shape index (κ2) is 9.06. The average molecular weight is 498 g/mol. The smallest absolute Gasteiger partial charge is 0.324 e. The molecule has 0 atom stereocenters. The number of halogens is 2. The molecular formula is C13H16I2N4O. The van der Waals surface area contributed by atoms with Crippen molar-refractivity contribution in [1.82, 2.24) is 0 Å². The molecule has 0 saturated heterocycles. The molecule has 2 heterocycles. The van der Waals surface area contributed by atoms with Crippen LogP contribution in [0.15, 0.2) is 49.1 Å². The molecule has 2 aromatic rings. The van der Waals surface area contributed by atoms with Crippen LogP contribution >= 0.6 is 0 Å². The van der Waals surface area contributed by atoms with Crippen LogP contribution in [0.5, 0.6) is 0 Å². The van der Waals surface area contributed by atoms with E-state index in [4.69, 9.17) is 0 Å². The second-order valence-corrected chi connectivity index (χ2v) is 4.10. The molecule has 0 unspecified atom stereocenters. The zero-order valence-corrected chi connectivity index (χ0v) is 15.5. The maximum absolute atomic E-state index is 11.8. The Labute approximate surface area is 152 Å². The molecular weight excluding hydrogens is 482 g/mol. The molecule has 2 rings (SSSR count). The number of aromatic nitrogens is 2. The fourth-order valence-electron chi connectivity index (χ4n) is 1.62. The van der Waals surface area contributed by atoms with Gasteiger partial charge in [-0.3, -0.25) is 0 Å². The number of carbonyl (C=O) groups is 1. The van der Waals surface area contributed by atoms with Crippen LogP contribution in [-0.2, 0) is 14.1 Å². The maximum Gasteiger partial charge on any atom is 0.324 e. The normalized spacial score (nSPS) is 8.90. The summed E-state index contributed by atoms with van der Waals surface area (Å²) in [6.07, 6.45) is 7.48. The van der Waals surface area contributed by atoms with Crippen LogP contribution in [0.25, 0.3) is 0 Å². The van der Waals surface area contributed by atoms with E-state index in [-0.39, 0.29) is 54.0 Å². The number of hydrogen-bond acceptors (Lipinski definition) is 1. The lowest BCUT2D eigenvalue weighted by Gasteiger charge is -2.05. The van der Waals surface area contributed by atoms with Crippen molar-refractivity contribution in [2.24, 2.45) is 14.1 Å². The Balaban J connectivity index is 0.00000180. The predicted octanol–water partition coefficient (Wildman–Crippen LogP) is -5.01. The lowest BCUT2D eigenvalue weighted by molar-refractivity contribution is -0.670. The summed E-state index contributed by atoms with van der Waals surface area (Å²) in [5, 5.41) is 5.54. The third kappa shape index (κ3) is 5.99. The van der Waals surface area contributed by atoms with E-state index in [1.54, 1.807) is 0 Å². The molecule has 0 radical (unpaired) electrons. The highest BCUT2D eigenvalue weighted by Crippen LogP contribution is 2.05. The van der Waals surface area contributed by atoms with Gasteiger partial charge in [0.25, 0.3) is 0 Å². The van der Waals surface area contributed by atoms with Crippen LogP contribution < -0.4 is 67.7 Å². The lowest BCUT2D eigenvalue weighted by Crippen LogP contribution is -3.00. The number of nitrogens with zero attached hydrogens (tertiary/aromatic N) is 2. The van der Waals surface area contributed by atoms with E-state index in [1.807, 2.05) is 72.3 Å². The third-order valence-corrected chi connectivity index (χ3v) is 2.40. The number of urea groups is 1. The van der Waals surface area contributed by atoms with Gasteiger partial charge >= 0.3 is 6.03 Å². The number of rotatable bonds is 2. The van der Waals surface area contributed by atoms with Gasteiger partial charge < -0.3 is 58.6 Å². The van der Waals surface area contributed by atoms with Gasteiger partial charge in [-0.2, -0.15) is 0 Å². The summed E-state index contributed by atoms with van der Waals surface area (Å²) in [4.78, 5) is 11.8. The maximum atomic E-state index is 11.8. The minimum atomic E-state index is -0.257. The van der Waals surface area contributed by atoms with Crippen LogP contribution in [0, 0.1) is 0 Å². The zero-order chi connectivity index (χ0) is 13.0. The predicted molar refractivity (Wildman–Crippen MR) is 67.9 cm³/mol. The number of pyridine rings is 2. The van der Waals surface area contributed by atoms with Crippen molar-refractivity contribution in [3.05, 3.63) is 49.1 Å². The first-order valence-corrected chi connectivity index (χ1v) is 5.62. The van der Waals surface area contributed by atoms with E-state index < -0.39 is 0 Å². The van der Waals surface area contributed by atoms with Gasteiger partial charge in [-0.25, -0.2) is 13.9 Å². The summed E-state index contributed by atoms with van der Waals surface area (Å²) >= 11 is 0. The monoisotopic (exact) mass is 498 g/mol. The van der Waals surface area contributed by atoms with Crippen molar-refractivity contribution in [1.29, 1.82) is 0 Å². The number of carbonyl (C=O) groups excluding carboxylic acids is 1. The minimum Gasteiger partial charge on any atom is -1.00 e. The summed E-state index contributed by atoms with van der Waals surface area (Å²) in [6.45, 7) is 0. The van der Waals surface area contributed by atoms with Gasteiger partial charge in [0.2, 0.25) is 0 Å². The Morgan fingerprint density at radius 2 is 1.30 bits per heavy atom. The molecule has 5 nitrogen and oxygen atoms in total. The standard InChI is InChI=1S/C13H15N4O.2HI/c1-16-7-3-5-11(9-16)14-13(18)15-12-6-4-8-17(2)10-12;;/h3-10H,1-2H3,(H-,14,15,18);2*1H/q+1;;/p-1. The Hall–Kier alpha value is -0.970. The topological polar surface area (TPSA) is 48.9 Å². The van der Waals surface area contributed by atoms with E-state index >= 15 is 0 Å². The van der Waals surface area contributed by atoms with Gasteiger partial charge in [0.05, 0.1) is 0 Å². The first-order valence-electron chi connectivity index (χ1n) is 5.62. The summed E-state index contributed by atoms with van der Waals surface area (Å²) in [5.74, 6) is 0. The average Bonchev–Trinajstić information content (AvgIpc) is 2.28. The van der Waals surface area contributed by atoms with Crippen molar-refractivity contribution in [3.8, 4) is 0 Å². The van der Waals surface area contributed by atoms with Crippen molar-refractivity contribution in [2.45, 2.75) is 0 Å². The molecule has 20 heavy (non-hydrogen) atoms. The summed E-state index contributed by atoms with van der Waals surface area (Å²) in [7, 11) is 3.81. The van der Waals surface area contributed by atoms with E-state index in [0.717, 1.165) is 11.4 Å². The van der Waals surface area contributed by atoms with Crippen LogP contribution in [0.2, 0.25) is 0 Å². The van der Waals surface area contributed by atoms with Crippen LogP contribution in [0.1, 0.15) is 0 Å². The number of nitrogens with one attached hydrogen (secondary N) is 2. The molecule has 7 heteroatoms. The molecule has 0 aromatic carbocycles. The molecule has 0 aliphatic rings. The minimum absolute atomic E-state index is 0. The van der Waals surface area contributed by atoms with E-state index in [0.29, 0.717) is 0 Å². The molecule has 2 amide bonds. The highest BCUT2D eigenvalue weighted by Gasteiger charge is 2.06. The quantitative estimate of drug-likeness (QED) is 0.317. The fourth-order valence-corrected chi connectivity index (χ4v) is 1.62. The highest BCUT2D eigenvalue weighted by molar-refractivity contribution is 5.99. The second-order valence-electron chi connectivity index (χ2n) is 4.10. The molecule has 108 valence electrons. The van der Waals surface area contributed by atoms with E-state index in [1.165, 1.54) is 0 Å². The number of anilines is 2. The SMILES string of the molecule is C[n+]1cccc(NC(=O)Nc2ccc[n+](C)c2)c1.[I-].[I-]. The number of aryl methyl sites for hydroxylation is 2. The molecule has 0 bridgehead atoms. The highest BCUT2D eigenvalue weighted by atomic mass is 127. The molecule has 2 aromatic heterocycles. The third-order valence-electron chi connectivity index (χ3n) is 2.40. The van der Waals surface area contributed by atoms with Crippen molar-refractivity contribution in [3.63, 3.8) is 0 Å². The van der Waals surface area contributed by atoms with Crippen LogP contribution in [0.4, 0.5) is 16.2 Å². The Bertz CT molecular complexity index is 528. The summed E-state index contributed by atoms with van der Waals surface area (Å²) in [5.41, 5.74) is 1.50. The molecule has 0 aliphatic heterocycles. The van der Waals surface area contributed by atoms with Crippen LogP contribution in [-0.4, -0.2) is 6.03 Å². The molecule has 2 N–H and O–H groups in total. The summed E-state index contributed by atoms with van der Waals surface area (Å²) in [6, 6.07) is 7.16. The van der Waals surface area contributed by atoms with Gasteiger partial charge in [-0.05, 0) is 12.1 Å². The number of hydrogen-bond donors (Lipinski definition) is 2. The van der Waals surface area contributed by atoms with Gasteiger partial charge in [0, 0.05) is 12.1 Å². The summed E-state index contributed by atoms with van der Waals surface area (Å²) < 4.78 is 3.75. The van der Waals surface area contributed by atoms with Crippen LogP contribution in [0.3, 0.4) is 0 Å². The van der Waals surface area contributed by atoms with Gasteiger partial charge in [0.1, 0.15) is 25.5 Å². The van der Waals surface area contributed by atoms with E-state index in [9.17, 15) is 4.79 Å². The molecule has 0 spiro atoms. The molecule has 0 fully saturated rings. The Kier molecular flexibility index (Phi) is 8.62. The first-order chi connectivity index (χ1) is 8.63.